The van der Waals surface area contributed by atoms with Crippen molar-refractivity contribution in [1.82, 2.24) is 15.1 Å². The van der Waals surface area contributed by atoms with E-state index in [4.69, 9.17) is 0 Å². The Morgan fingerprint density at radius 3 is 2.62 bits per heavy atom. The summed E-state index contributed by atoms with van der Waals surface area (Å²) in [5.41, 5.74) is 2.57. The zero-order chi connectivity index (χ0) is 11.1. The highest BCUT2D eigenvalue weighted by Gasteiger charge is 2.01. The molecule has 16 heavy (non-hydrogen) atoms. The monoisotopic (exact) mass is 245 g/mol. The summed E-state index contributed by atoms with van der Waals surface area (Å²) < 4.78 is 1.92. The van der Waals surface area contributed by atoms with Crippen molar-refractivity contribution in [2.24, 2.45) is 7.05 Å². The maximum atomic E-state index is 4.22. The van der Waals surface area contributed by atoms with Gasteiger partial charge in [0.2, 0.25) is 0 Å². The van der Waals surface area contributed by atoms with E-state index in [1.165, 1.54) is 36.9 Å². The predicted octanol–water partition coefficient (Wildman–Crippen LogP) is 2.82. The first-order chi connectivity index (χ1) is 7.25. The molecule has 0 aliphatic carbocycles. The van der Waals surface area contributed by atoms with E-state index in [2.05, 4.69) is 24.3 Å². The van der Waals surface area contributed by atoms with Crippen molar-refractivity contribution in [3.63, 3.8) is 0 Å². The number of hydrogen-bond donors (Lipinski definition) is 1. The van der Waals surface area contributed by atoms with Gasteiger partial charge in [0.25, 0.3) is 0 Å². The number of nitrogens with zero attached hydrogens (tertiary/aromatic N) is 2. The van der Waals surface area contributed by atoms with E-state index < -0.39 is 0 Å². The Balaban J connectivity index is 0.00000225. The fraction of sp³-hybridized carbons (Fsp3) is 0.750. The molecule has 3 nitrogen and oxygen atoms in total. The molecule has 4 heteroatoms. The van der Waals surface area contributed by atoms with Crippen LogP contribution in [0.3, 0.4) is 0 Å². The number of hydrogen-bond acceptors (Lipinski definition) is 2. The Kier molecular flexibility index (Phi) is 8.30. The van der Waals surface area contributed by atoms with E-state index in [1.54, 1.807) is 0 Å². The van der Waals surface area contributed by atoms with Crippen molar-refractivity contribution in [1.29, 1.82) is 0 Å². The molecule has 1 aromatic heterocycles. The topological polar surface area (TPSA) is 29.9 Å². The predicted molar refractivity (Wildman–Crippen MR) is 71.0 cm³/mol. The van der Waals surface area contributed by atoms with Crippen LogP contribution in [0.1, 0.15) is 43.9 Å². The van der Waals surface area contributed by atoms with Crippen LogP contribution in [0.2, 0.25) is 0 Å². The highest BCUT2D eigenvalue weighted by Crippen LogP contribution is 2.04. The van der Waals surface area contributed by atoms with Crippen LogP contribution in [0.4, 0.5) is 0 Å². The molecule has 0 bridgehead atoms. The molecule has 94 valence electrons. The Morgan fingerprint density at radius 1 is 1.31 bits per heavy atom. The summed E-state index contributed by atoms with van der Waals surface area (Å²) >= 11 is 0. The smallest absolute Gasteiger partial charge is 0.0537 e. The van der Waals surface area contributed by atoms with Crippen molar-refractivity contribution < 1.29 is 0 Å². The largest absolute Gasteiger partial charge is 0.313 e. The zero-order valence-electron chi connectivity index (χ0n) is 10.6. The van der Waals surface area contributed by atoms with E-state index in [1.807, 2.05) is 17.9 Å². The quantitative estimate of drug-likeness (QED) is 0.749. The van der Waals surface area contributed by atoms with E-state index >= 15 is 0 Å². The van der Waals surface area contributed by atoms with E-state index in [-0.39, 0.29) is 12.4 Å². The van der Waals surface area contributed by atoms with Gasteiger partial charge in [0.1, 0.15) is 0 Å². The summed E-state index contributed by atoms with van der Waals surface area (Å²) in [6.45, 7) is 6.42. The second-order valence-corrected chi connectivity index (χ2v) is 4.12. The molecule has 0 amide bonds. The van der Waals surface area contributed by atoms with Gasteiger partial charge in [-0.25, -0.2) is 0 Å². The van der Waals surface area contributed by atoms with Crippen LogP contribution >= 0.6 is 12.4 Å². The van der Waals surface area contributed by atoms with E-state index in [0.29, 0.717) is 0 Å². The summed E-state index contributed by atoms with van der Waals surface area (Å²) in [5.74, 6) is 0. The second-order valence-electron chi connectivity index (χ2n) is 4.12. The van der Waals surface area contributed by atoms with Crippen LogP contribution in [0.25, 0.3) is 0 Å². The molecule has 0 unspecified atom stereocenters. The summed E-state index contributed by atoms with van der Waals surface area (Å²) in [5, 5.41) is 7.68. The second kappa shape index (κ2) is 8.59. The lowest BCUT2D eigenvalue weighted by atomic mass is 10.2. The molecule has 0 fully saturated rings. The van der Waals surface area contributed by atoms with Crippen molar-refractivity contribution in [3.05, 3.63) is 17.5 Å². The molecule has 0 aliphatic rings. The first kappa shape index (κ1) is 15.5. The maximum Gasteiger partial charge on any atom is 0.0537 e. The number of unbranched alkanes of at least 4 members (excludes halogenated alkanes) is 3. The van der Waals surface area contributed by atoms with Gasteiger partial charge in [-0.15, -0.1) is 12.4 Å². The highest BCUT2D eigenvalue weighted by atomic mass is 35.5. The van der Waals surface area contributed by atoms with Gasteiger partial charge in [-0.2, -0.15) is 5.10 Å². The molecule has 1 aromatic rings. The van der Waals surface area contributed by atoms with Gasteiger partial charge in [-0.05, 0) is 19.9 Å². The number of nitrogens with one attached hydrogen (secondary N) is 1. The Labute approximate surface area is 105 Å². The summed E-state index contributed by atoms with van der Waals surface area (Å²) in [6, 6.07) is 0. The van der Waals surface area contributed by atoms with Gasteiger partial charge in [-0.1, -0.05) is 26.2 Å². The fourth-order valence-electron chi connectivity index (χ4n) is 1.62. The third kappa shape index (κ3) is 4.99. The molecule has 0 spiro atoms. The van der Waals surface area contributed by atoms with Gasteiger partial charge in [0.15, 0.2) is 0 Å². The summed E-state index contributed by atoms with van der Waals surface area (Å²) in [7, 11) is 1.99. The van der Waals surface area contributed by atoms with Crippen molar-refractivity contribution in [2.45, 2.75) is 46.1 Å². The van der Waals surface area contributed by atoms with Gasteiger partial charge in [-0.3, -0.25) is 4.68 Å². The lowest BCUT2D eigenvalue weighted by molar-refractivity contribution is 0.596. The molecule has 0 radical (unpaired) electrons. The molecule has 1 N–H and O–H groups in total. The lowest BCUT2D eigenvalue weighted by Crippen LogP contribution is -2.15. The first-order valence-corrected chi connectivity index (χ1v) is 5.94. The average molecular weight is 246 g/mol. The highest BCUT2D eigenvalue weighted by molar-refractivity contribution is 5.85. The van der Waals surface area contributed by atoms with Crippen molar-refractivity contribution in [2.75, 3.05) is 6.54 Å². The normalized spacial score (nSPS) is 10.2. The fourth-order valence-corrected chi connectivity index (χ4v) is 1.62. The Morgan fingerprint density at radius 2 is 2.06 bits per heavy atom. The minimum absolute atomic E-state index is 0. The molecular formula is C12H24ClN3. The minimum atomic E-state index is 0. The molecule has 1 rings (SSSR count). The number of rotatable bonds is 7. The van der Waals surface area contributed by atoms with Crippen LogP contribution in [0, 0.1) is 6.92 Å². The third-order valence-electron chi connectivity index (χ3n) is 2.86. The van der Waals surface area contributed by atoms with Gasteiger partial charge < -0.3 is 5.32 Å². The molecule has 1 heterocycles. The lowest BCUT2D eigenvalue weighted by Gasteiger charge is -2.04. The number of aromatic nitrogens is 2. The van der Waals surface area contributed by atoms with Gasteiger partial charge in [0.05, 0.1) is 6.20 Å². The van der Waals surface area contributed by atoms with Crippen LogP contribution in [-0.4, -0.2) is 16.3 Å². The van der Waals surface area contributed by atoms with E-state index in [9.17, 15) is 0 Å². The zero-order valence-corrected chi connectivity index (χ0v) is 11.4. The third-order valence-corrected chi connectivity index (χ3v) is 2.86. The minimum Gasteiger partial charge on any atom is -0.313 e. The molecular weight excluding hydrogens is 222 g/mol. The average Bonchev–Trinajstić information content (AvgIpc) is 2.54. The molecule has 0 saturated carbocycles. The Hall–Kier alpha value is -0.540. The van der Waals surface area contributed by atoms with Crippen molar-refractivity contribution in [3.8, 4) is 0 Å². The van der Waals surface area contributed by atoms with Crippen LogP contribution < -0.4 is 5.32 Å². The molecule has 0 aliphatic heterocycles. The molecule has 0 aromatic carbocycles. The molecule has 0 atom stereocenters. The van der Waals surface area contributed by atoms with Crippen LogP contribution in [0.5, 0.6) is 0 Å². The Bertz CT molecular complexity index is 284. The van der Waals surface area contributed by atoms with Crippen LogP contribution in [0.15, 0.2) is 6.20 Å². The number of aryl methyl sites for hydroxylation is 1. The summed E-state index contributed by atoms with van der Waals surface area (Å²) in [6.07, 6.45) is 7.24. The standard InChI is InChI=1S/C12H23N3.ClH/c1-4-5-6-7-8-13-9-12-10-14-15(3)11(12)2;/h10,13H,4-9H2,1-3H3;1H. The van der Waals surface area contributed by atoms with Crippen LogP contribution in [-0.2, 0) is 13.6 Å². The van der Waals surface area contributed by atoms with Crippen molar-refractivity contribution >= 4 is 12.4 Å². The van der Waals surface area contributed by atoms with E-state index in [0.717, 1.165) is 13.1 Å². The van der Waals surface area contributed by atoms with Gasteiger partial charge in [0, 0.05) is 24.8 Å². The number of halogens is 1. The van der Waals surface area contributed by atoms with Gasteiger partial charge >= 0.3 is 0 Å². The molecule has 0 saturated heterocycles. The maximum absolute atomic E-state index is 4.22. The SMILES string of the molecule is CCCCCCNCc1cnn(C)c1C.Cl. The summed E-state index contributed by atoms with van der Waals surface area (Å²) in [4.78, 5) is 0. The first-order valence-electron chi connectivity index (χ1n) is 5.94.